The van der Waals surface area contributed by atoms with Crippen molar-refractivity contribution in [3.05, 3.63) is 17.5 Å². The number of H-pyrrole nitrogens is 1. The number of nitrogens with zero attached hydrogens (tertiary/aromatic N) is 3. The van der Waals surface area contributed by atoms with E-state index < -0.39 is 0 Å². The van der Waals surface area contributed by atoms with Gasteiger partial charge in [-0.1, -0.05) is 32.1 Å². The monoisotopic (exact) mass is 372 g/mol. The van der Waals surface area contributed by atoms with Crippen LogP contribution in [0.25, 0.3) is 0 Å². The number of rotatable bonds is 4. The van der Waals surface area contributed by atoms with Crippen molar-refractivity contribution in [3.8, 4) is 0 Å². The molecule has 1 N–H and O–H groups in total. The zero-order chi connectivity index (χ0) is 18.9. The van der Waals surface area contributed by atoms with E-state index in [1.165, 1.54) is 32.1 Å². The second kappa shape index (κ2) is 7.64. The molecule has 6 heteroatoms. The fourth-order valence-electron chi connectivity index (χ4n) is 5.29. The standard InChI is InChI=1S/C21H32N4O2/c1-16-14-18(23-22-16)19(26)25-13-10-21(15-25)9-5-11-24(20(21)27)12-8-17-6-3-2-4-7-17/h14,17H,2-13,15H2,1H3,(H,22,23)/t21-/m0/s1. The van der Waals surface area contributed by atoms with Crippen LogP contribution in [-0.2, 0) is 4.79 Å². The lowest BCUT2D eigenvalue weighted by molar-refractivity contribution is -0.145. The molecule has 1 aromatic rings. The summed E-state index contributed by atoms with van der Waals surface area (Å²) >= 11 is 0. The van der Waals surface area contributed by atoms with Crippen LogP contribution in [0.4, 0.5) is 0 Å². The first kappa shape index (κ1) is 18.5. The minimum Gasteiger partial charge on any atom is -0.342 e. The number of likely N-dealkylation sites (tertiary alicyclic amines) is 2. The first-order valence-corrected chi connectivity index (χ1v) is 10.7. The minimum atomic E-state index is -0.355. The Morgan fingerprint density at radius 3 is 2.78 bits per heavy atom. The number of nitrogens with one attached hydrogen (secondary N) is 1. The van der Waals surface area contributed by atoms with Gasteiger partial charge in [0.2, 0.25) is 5.91 Å². The summed E-state index contributed by atoms with van der Waals surface area (Å²) in [7, 11) is 0. The SMILES string of the molecule is Cc1cc(C(=O)N2CC[C@@]3(CCCN(CCC4CCCCC4)C3=O)C2)n[nH]1. The fourth-order valence-corrected chi connectivity index (χ4v) is 5.29. The molecule has 1 saturated carbocycles. The Morgan fingerprint density at radius 1 is 1.22 bits per heavy atom. The molecule has 0 unspecified atom stereocenters. The van der Waals surface area contributed by atoms with E-state index >= 15 is 0 Å². The molecule has 2 saturated heterocycles. The Labute approximate surface area is 161 Å². The molecular formula is C21H32N4O2. The molecular weight excluding hydrogens is 340 g/mol. The second-order valence-electron chi connectivity index (χ2n) is 8.88. The lowest BCUT2D eigenvalue weighted by atomic mass is 9.78. The van der Waals surface area contributed by atoms with Crippen LogP contribution in [0.15, 0.2) is 6.07 Å². The Balaban J connectivity index is 1.37. The number of piperidine rings is 1. The van der Waals surface area contributed by atoms with E-state index in [0.29, 0.717) is 18.8 Å². The van der Waals surface area contributed by atoms with E-state index in [9.17, 15) is 9.59 Å². The van der Waals surface area contributed by atoms with E-state index in [-0.39, 0.29) is 17.2 Å². The van der Waals surface area contributed by atoms with Crippen molar-refractivity contribution in [1.82, 2.24) is 20.0 Å². The van der Waals surface area contributed by atoms with Gasteiger partial charge in [0, 0.05) is 31.9 Å². The van der Waals surface area contributed by atoms with Gasteiger partial charge in [-0.25, -0.2) is 0 Å². The summed E-state index contributed by atoms with van der Waals surface area (Å²) in [6, 6.07) is 1.78. The molecule has 1 atom stereocenters. The molecule has 4 rings (SSSR count). The van der Waals surface area contributed by atoms with Crippen molar-refractivity contribution < 1.29 is 9.59 Å². The second-order valence-corrected chi connectivity index (χ2v) is 8.88. The average Bonchev–Trinajstić information content (AvgIpc) is 3.31. The maximum Gasteiger partial charge on any atom is 0.274 e. The van der Waals surface area contributed by atoms with Gasteiger partial charge in [-0.15, -0.1) is 0 Å². The maximum absolute atomic E-state index is 13.3. The highest BCUT2D eigenvalue weighted by molar-refractivity contribution is 5.94. The molecule has 3 aliphatic rings. The van der Waals surface area contributed by atoms with Crippen LogP contribution in [0.2, 0.25) is 0 Å². The van der Waals surface area contributed by atoms with E-state index in [4.69, 9.17) is 0 Å². The number of aromatic nitrogens is 2. The van der Waals surface area contributed by atoms with Gasteiger partial charge in [-0.2, -0.15) is 5.10 Å². The molecule has 2 aliphatic heterocycles. The van der Waals surface area contributed by atoms with Gasteiger partial charge in [0.1, 0.15) is 5.69 Å². The number of carbonyl (C=O) groups is 2. The van der Waals surface area contributed by atoms with Gasteiger partial charge in [0.05, 0.1) is 5.41 Å². The third kappa shape index (κ3) is 3.76. The van der Waals surface area contributed by atoms with Crippen molar-refractivity contribution in [2.45, 2.75) is 64.7 Å². The number of amides is 2. The molecule has 148 valence electrons. The molecule has 3 heterocycles. The van der Waals surface area contributed by atoms with Gasteiger partial charge in [-0.3, -0.25) is 14.7 Å². The first-order chi connectivity index (χ1) is 13.1. The topological polar surface area (TPSA) is 69.3 Å². The number of aryl methyl sites for hydroxylation is 1. The molecule has 0 bridgehead atoms. The lowest BCUT2D eigenvalue weighted by Gasteiger charge is -2.40. The van der Waals surface area contributed by atoms with Crippen LogP contribution in [-0.4, -0.2) is 58.0 Å². The predicted molar refractivity (Wildman–Crippen MR) is 103 cm³/mol. The summed E-state index contributed by atoms with van der Waals surface area (Å²) < 4.78 is 0. The van der Waals surface area contributed by atoms with E-state index in [2.05, 4.69) is 15.1 Å². The third-order valence-electron chi connectivity index (χ3n) is 6.92. The van der Waals surface area contributed by atoms with E-state index in [1.54, 1.807) is 6.07 Å². The molecule has 27 heavy (non-hydrogen) atoms. The zero-order valence-corrected chi connectivity index (χ0v) is 16.5. The maximum atomic E-state index is 13.3. The fraction of sp³-hybridized carbons (Fsp3) is 0.762. The molecule has 0 aromatic carbocycles. The number of hydrogen-bond donors (Lipinski definition) is 1. The molecule has 0 radical (unpaired) electrons. The van der Waals surface area contributed by atoms with Crippen LogP contribution in [0, 0.1) is 18.3 Å². The summed E-state index contributed by atoms with van der Waals surface area (Å²) in [5, 5.41) is 6.93. The molecule has 3 fully saturated rings. The average molecular weight is 373 g/mol. The predicted octanol–water partition coefficient (Wildman–Crippen LogP) is 3.14. The first-order valence-electron chi connectivity index (χ1n) is 10.7. The van der Waals surface area contributed by atoms with E-state index in [0.717, 1.165) is 50.4 Å². The van der Waals surface area contributed by atoms with Crippen molar-refractivity contribution in [3.63, 3.8) is 0 Å². The minimum absolute atomic E-state index is 0.0524. The van der Waals surface area contributed by atoms with Crippen LogP contribution in [0.5, 0.6) is 0 Å². The number of carbonyl (C=O) groups excluding carboxylic acids is 2. The van der Waals surface area contributed by atoms with E-state index in [1.807, 2.05) is 11.8 Å². The molecule has 1 aromatic heterocycles. The van der Waals surface area contributed by atoms with Gasteiger partial charge < -0.3 is 9.80 Å². The molecule has 2 amide bonds. The van der Waals surface area contributed by atoms with Crippen LogP contribution in [0.1, 0.15) is 74.0 Å². The Kier molecular flexibility index (Phi) is 5.24. The van der Waals surface area contributed by atoms with Crippen LogP contribution >= 0.6 is 0 Å². The highest BCUT2D eigenvalue weighted by Crippen LogP contribution is 2.41. The summed E-state index contributed by atoms with van der Waals surface area (Å²) in [5.41, 5.74) is 0.989. The van der Waals surface area contributed by atoms with Crippen molar-refractivity contribution in [2.75, 3.05) is 26.2 Å². The summed E-state index contributed by atoms with van der Waals surface area (Å²) in [5.74, 6) is 1.04. The van der Waals surface area contributed by atoms with Crippen LogP contribution in [0.3, 0.4) is 0 Å². The lowest BCUT2D eigenvalue weighted by Crippen LogP contribution is -2.50. The van der Waals surface area contributed by atoms with Gasteiger partial charge in [0.25, 0.3) is 5.91 Å². The summed E-state index contributed by atoms with van der Waals surface area (Å²) in [6.45, 7) is 4.89. The summed E-state index contributed by atoms with van der Waals surface area (Å²) in [4.78, 5) is 30.0. The van der Waals surface area contributed by atoms with Crippen molar-refractivity contribution in [1.29, 1.82) is 0 Å². The number of hydrogen-bond acceptors (Lipinski definition) is 3. The number of aromatic amines is 1. The highest BCUT2D eigenvalue weighted by atomic mass is 16.2. The summed E-state index contributed by atoms with van der Waals surface area (Å²) in [6.07, 6.45) is 10.7. The van der Waals surface area contributed by atoms with Crippen molar-refractivity contribution >= 4 is 11.8 Å². The smallest absolute Gasteiger partial charge is 0.274 e. The van der Waals surface area contributed by atoms with Crippen LogP contribution < -0.4 is 0 Å². The zero-order valence-electron chi connectivity index (χ0n) is 16.5. The quantitative estimate of drug-likeness (QED) is 0.883. The normalized spacial score (nSPS) is 26.9. The Morgan fingerprint density at radius 2 is 2.04 bits per heavy atom. The molecule has 1 aliphatic carbocycles. The van der Waals surface area contributed by atoms with Gasteiger partial charge >= 0.3 is 0 Å². The van der Waals surface area contributed by atoms with Gasteiger partial charge in [0.15, 0.2) is 0 Å². The van der Waals surface area contributed by atoms with Crippen molar-refractivity contribution in [2.24, 2.45) is 11.3 Å². The Hall–Kier alpha value is -1.85. The van der Waals surface area contributed by atoms with Gasteiger partial charge in [-0.05, 0) is 44.6 Å². The molecule has 6 nitrogen and oxygen atoms in total. The largest absolute Gasteiger partial charge is 0.342 e. The highest BCUT2D eigenvalue weighted by Gasteiger charge is 2.49. The third-order valence-corrected chi connectivity index (χ3v) is 6.92. The Bertz CT molecular complexity index is 694. The molecule has 1 spiro atoms.